The van der Waals surface area contributed by atoms with Gasteiger partial charge in [-0.2, -0.15) is 0 Å². The molecule has 0 amide bonds. The summed E-state index contributed by atoms with van der Waals surface area (Å²) in [7, 11) is 0. The van der Waals surface area contributed by atoms with Crippen molar-refractivity contribution in [3.8, 4) is 0 Å². The van der Waals surface area contributed by atoms with Crippen molar-refractivity contribution < 1.29 is 0 Å². The van der Waals surface area contributed by atoms with Gasteiger partial charge in [0.2, 0.25) is 0 Å². The molecule has 0 bridgehead atoms. The van der Waals surface area contributed by atoms with Gasteiger partial charge in [0.1, 0.15) is 0 Å². The Morgan fingerprint density at radius 1 is 1.45 bits per heavy atom. The van der Waals surface area contributed by atoms with Crippen LogP contribution in [0, 0.1) is 5.92 Å². The van der Waals surface area contributed by atoms with E-state index in [0.717, 1.165) is 5.92 Å². The molecule has 0 aromatic carbocycles. The average Bonchev–Trinajstić information content (AvgIpc) is 2.03. The highest BCUT2D eigenvalue weighted by Crippen LogP contribution is 2.20. The Hall–Kier alpha value is -0.590. The van der Waals surface area contributed by atoms with Crippen LogP contribution in [0.3, 0.4) is 0 Å². The molecule has 0 aromatic rings. The normalized spacial score (nSPS) is 30.0. The van der Waals surface area contributed by atoms with Crippen LogP contribution in [-0.2, 0) is 0 Å². The van der Waals surface area contributed by atoms with Crippen LogP contribution in [0.2, 0.25) is 0 Å². The van der Waals surface area contributed by atoms with Crippen molar-refractivity contribution in [3.63, 3.8) is 0 Å². The van der Waals surface area contributed by atoms with E-state index in [1.54, 1.807) is 0 Å². The van der Waals surface area contributed by atoms with Gasteiger partial charge in [-0.25, -0.2) is 0 Å². The van der Waals surface area contributed by atoms with Crippen LogP contribution in [0.4, 0.5) is 0 Å². The summed E-state index contributed by atoms with van der Waals surface area (Å²) in [5.41, 5.74) is 1.40. The number of aliphatic imine (C=N–C) groups is 1. The highest BCUT2D eigenvalue weighted by Gasteiger charge is 2.14. The molecule has 0 radical (unpaired) electrons. The fraction of sp³-hybridized carbons (Fsp3) is 0.700. The lowest BCUT2D eigenvalue weighted by Crippen LogP contribution is -2.15. The van der Waals surface area contributed by atoms with Crippen molar-refractivity contribution in [3.05, 3.63) is 12.3 Å². The Morgan fingerprint density at radius 3 is 2.91 bits per heavy atom. The number of allylic oxidation sites excluding steroid dienone is 1. The maximum Gasteiger partial charge on any atom is 0.0224 e. The van der Waals surface area contributed by atoms with Gasteiger partial charge in [0.15, 0.2) is 0 Å². The van der Waals surface area contributed by atoms with Gasteiger partial charge in [-0.3, -0.25) is 4.99 Å². The molecule has 0 spiro atoms. The molecule has 0 aromatic heterocycles. The summed E-state index contributed by atoms with van der Waals surface area (Å²) in [5, 5.41) is 0. The summed E-state index contributed by atoms with van der Waals surface area (Å²) >= 11 is 0. The second kappa shape index (κ2) is 4.32. The van der Waals surface area contributed by atoms with Crippen LogP contribution in [0.25, 0.3) is 0 Å². The third-order valence-corrected chi connectivity index (χ3v) is 2.28. The Balaban J connectivity index is 2.53. The quantitative estimate of drug-likeness (QED) is 0.546. The van der Waals surface area contributed by atoms with E-state index in [-0.39, 0.29) is 0 Å². The van der Waals surface area contributed by atoms with Gasteiger partial charge in [0, 0.05) is 11.9 Å². The summed E-state index contributed by atoms with van der Waals surface area (Å²) in [6.45, 7) is 4.29. The molecular formula is C10H17N. The minimum atomic E-state index is 0.722. The van der Waals surface area contributed by atoms with E-state index < -0.39 is 0 Å². The highest BCUT2D eigenvalue weighted by atomic mass is 14.7. The monoisotopic (exact) mass is 151 g/mol. The molecule has 1 aliphatic rings. The molecule has 11 heavy (non-hydrogen) atoms. The minimum Gasteiger partial charge on any atom is -0.266 e. The third kappa shape index (κ3) is 2.49. The predicted octanol–water partition coefficient (Wildman–Crippen LogP) is 3.17. The zero-order valence-electron chi connectivity index (χ0n) is 7.51. The van der Waals surface area contributed by atoms with Crippen LogP contribution < -0.4 is 0 Å². The van der Waals surface area contributed by atoms with Gasteiger partial charge in [0.25, 0.3) is 0 Å². The number of rotatable bonds is 1. The fourth-order valence-corrected chi connectivity index (χ4v) is 1.53. The van der Waals surface area contributed by atoms with Crippen LogP contribution in [0.15, 0.2) is 17.3 Å². The molecule has 0 N–H and O–H groups in total. The Bertz CT molecular complexity index is 168. The van der Waals surface area contributed by atoms with Crippen LogP contribution in [0.1, 0.15) is 39.5 Å². The van der Waals surface area contributed by atoms with Crippen LogP contribution in [0.5, 0.6) is 0 Å². The lowest BCUT2D eigenvalue weighted by atomic mass is 9.89. The molecular weight excluding hydrogens is 134 g/mol. The Morgan fingerprint density at radius 2 is 2.27 bits per heavy atom. The molecule has 1 aliphatic carbocycles. The summed E-state index contributed by atoms with van der Waals surface area (Å²) in [6, 6.07) is 0. The van der Waals surface area contributed by atoms with Crippen LogP contribution in [-0.4, -0.2) is 5.71 Å². The molecule has 0 saturated heterocycles. The van der Waals surface area contributed by atoms with Crippen molar-refractivity contribution in [1.29, 1.82) is 0 Å². The summed E-state index contributed by atoms with van der Waals surface area (Å²) in [4.78, 5) is 4.42. The second-order valence-electron chi connectivity index (χ2n) is 3.25. The van der Waals surface area contributed by atoms with Gasteiger partial charge >= 0.3 is 0 Å². The largest absolute Gasteiger partial charge is 0.266 e. The minimum absolute atomic E-state index is 0.722. The zero-order chi connectivity index (χ0) is 8.10. The molecule has 62 valence electrons. The molecule has 1 saturated carbocycles. The first-order valence-electron chi connectivity index (χ1n) is 4.52. The molecule has 1 unspecified atom stereocenters. The van der Waals surface area contributed by atoms with Crippen molar-refractivity contribution in [2.75, 3.05) is 0 Å². The van der Waals surface area contributed by atoms with E-state index in [2.05, 4.69) is 11.9 Å². The Labute approximate surface area is 69.2 Å². The smallest absolute Gasteiger partial charge is 0.0224 e. The first-order chi connectivity index (χ1) is 5.34. The van der Waals surface area contributed by atoms with E-state index in [4.69, 9.17) is 0 Å². The summed E-state index contributed by atoms with van der Waals surface area (Å²) < 4.78 is 0. The molecule has 1 nitrogen and oxygen atoms in total. The van der Waals surface area contributed by atoms with E-state index >= 15 is 0 Å². The SMILES string of the molecule is C/C=C\N=C1CCCCC1C. The first kappa shape index (κ1) is 8.51. The maximum atomic E-state index is 4.42. The lowest BCUT2D eigenvalue weighted by Gasteiger charge is -2.19. The second-order valence-corrected chi connectivity index (χ2v) is 3.25. The van der Waals surface area contributed by atoms with E-state index in [0.29, 0.717) is 0 Å². The third-order valence-electron chi connectivity index (χ3n) is 2.28. The standard InChI is InChI=1S/C10H17N/c1-3-8-11-10-7-5-4-6-9(10)2/h3,8-9H,4-7H2,1-2H3/b8-3-,11-10?. The fourth-order valence-electron chi connectivity index (χ4n) is 1.53. The lowest BCUT2D eigenvalue weighted by molar-refractivity contribution is 0.559. The molecule has 1 heteroatoms. The molecule has 1 atom stereocenters. The van der Waals surface area contributed by atoms with E-state index in [9.17, 15) is 0 Å². The van der Waals surface area contributed by atoms with Gasteiger partial charge in [-0.05, 0) is 32.1 Å². The maximum absolute atomic E-state index is 4.42. The van der Waals surface area contributed by atoms with Gasteiger partial charge in [-0.15, -0.1) is 0 Å². The number of nitrogens with zero attached hydrogens (tertiary/aromatic N) is 1. The van der Waals surface area contributed by atoms with E-state index in [1.165, 1.54) is 31.4 Å². The highest BCUT2D eigenvalue weighted by molar-refractivity contribution is 5.87. The number of hydrogen-bond donors (Lipinski definition) is 0. The zero-order valence-corrected chi connectivity index (χ0v) is 7.51. The van der Waals surface area contributed by atoms with Crippen molar-refractivity contribution in [1.82, 2.24) is 0 Å². The van der Waals surface area contributed by atoms with Crippen molar-refractivity contribution in [2.24, 2.45) is 10.9 Å². The van der Waals surface area contributed by atoms with Gasteiger partial charge < -0.3 is 0 Å². The van der Waals surface area contributed by atoms with Gasteiger partial charge in [-0.1, -0.05) is 19.4 Å². The molecule has 1 rings (SSSR count). The summed E-state index contributed by atoms with van der Waals surface area (Å²) in [6.07, 6.45) is 9.17. The Kier molecular flexibility index (Phi) is 3.34. The molecule has 1 fully saturated rings. The topological polar surface area (TPSA) is 12.4 Å². The van der Waals surface area contributed by atoms with Gasteiger partial charge in [0.05, 0.1) is 0 Å². The molecule has 0 aliphatic heterocycles. The van der Waals surface area contributed by atoms with Crippen molar-refractivity contribution >= 4 is 5.71 Å². The molecule has 0 heterocycles. The van der Waals surface area contributed by atoms with E-state index in [1.807, 2.05) is 19.2 Å². The predicted molar refractivity (Wildman–Crippen MR) is 49.9 cm³/mol. The first-order valence-corrected chi connectivity index (χ1v) is 4.52. The summed E-state index contributed by atoms with van der Waals surface area (Å²) in [5.74, 6) is 0.722. The number of hydrogen-bond acceptors (Lipinski definition) is 1. The van der Waals surface area contributed by atoms with Crippen molar-refractivity contribution in [2.45, 2.75) is 39.5 Å². The van der Waals surface area contributed by atoms with Crippen LogP contribution >= 0.6 is 0 Å². The average molecular weight is 151 g/mol.